The van der Waals surface area contributed by atoms with Crippen LogP contribution < -0.4 is 16.0 Å². The molecule has 7 rings (SSSR count). The summed E-state index contributed by atoms with van der Waals surface area (Å²) in [5.74, 6) is -0.374. The summed E-state index contributed by atoms with van der Waals surface area (Å²) in [6.45, 7) is 5.22. The number of fused-ring (bicyclic) bond motifs is 2. The van der Waals surface area contributed by atoms with Crippen LogP contribution in [0.1, 0.15) is 71.3 Å². The highest BCUT2D eigenvalue weighted by molar-refractivity contribution is 6.37. The van der Waals surface area contributed by atoms with Gasteiger partial charge in [-0.15, -0.1) is 0 Å². The molecule has 0 aliphatic carbocycles. The van der Waals surface area contributed by atoms with Gasteiger partial charge in [-0.3, -0.25) is 14.5 Å². The van der Waals surface area contributed by atoms with Crippen LogP contribution in [0.15, 0.2) is 103 Å². The molecule has 2 amide bonds. The van der Waals surface area contributed by atoms with Crippen molar-refractivity contribution < 1.29 is 9.59 Å². The van der Waals surface area contributed by atoms with E-state index in [0.717, 1.165) is 53.8 Å². The Morgan fingerprint density at radius 1 is 0.872 bits per heavy atom. The topological polar surface area (TPSA) is 78.4 Å². The van der Waals surface area contributed by atoms with Gasteiger partial charge in [0.25, 0.3) is 11.8 Å². The van der Waals surface area contributed by atoms with Crippen LogP contribution in [-0.2, 0) is 18.4 Å². The number of hydrogen-bond acceptors (Lipinski definition) is 4. The fraction of sp³-hybridized carbons (Fsp3) is 0.250. The molecular weight excluding hydrogens is 582 g/mol. The second-order valence-electron chi connectivity index (χ2n) is 12.7. The SMILES string of the molecule is CC[C@@H](NC(=O)c1ccc2c(c1)/C(=C(/Nc1cccc(CN3CCCCC3)c1)c1ccc3c(ccn3C)c1)C(=O)N2)c1ccccc1. The Balaban J connectivity index is 1.27. The number of aryl methyl sites for hydroxylation is 1. The highest BCUT2D eigenvalue weighted by Crippen LogP contribution is 2.39. The summed E-state index contributed by atoms with van der Waals surface area (Å²) in [6, 6.07) is 32.2. The predicted molar refractivity (Wildman–Crippen MR) is 191 cm³/mol. The molecule has 238 valence electrons. The summed E-state index contributed by atoms with van der Waals surface area (Å²) < 4.78 is 2.09. The number of anilines is 2. The molecule has 0 saturated carbocycles. The van der Waals surface area contributed by atoms with Crippen LogP contribution in [0.4, 0.5) is 11.4 Å². The van der Waals surface area contributed by atoms with Crippen LogP contribution >= 0.6 is 0 Å². The van der Waals surface area contributed by atoms with Gasteiger partial charge in [0.15, 0.2) is 0 Å². The van der Waals surface area contributed by atoms with E-state index >= 15 is 0 Å². The van der Waals surface area contributed by atoms with Crippen molar-refractivity contribution in [2.75, 3.05) is 23.7 Å². The zero-order valence-corrected chi connectivity index (χ0v) is 27.1. The van der Waals surface area contributed by atoms with Gasteiger partial charge in [-0.05, 0) is 97.6 Å². The van der Waals surface area contributed by atoms with Crippen molar-refractivity contribution in [2.24, 2.45) is 7.05 Å². The van der Waals surface area contributed by atoms with Gasteiger partial charge >= 0.3 is 0 Å². The Morgan fingerprint density at radius 2 is 1.68 bits per heavy atom. The molecule has 0 unspecified atom stereocenters. The summed E-state index contributed by atoms with van der Waals surface area (Å²) in [5.41, 5.74) is 8.34. The minimum atomic E-state index is -0.201. The molecule has 1 atom stereocenters. The summed E-state index contributed by atoms with van der Waals surface area (Å²) >= 11 is 0. The minimum absolute atomic E-state index is 0.112. The molecule has 1 aromatic heterocycles. The molecule has 0 spiro atoms. The first-order valence-corrected chi connectivity index (χ1v) is 16.7. The van der Waals surface area contributed by atoms with E-state index in [-0.39, 0.29) is 17.9 Å². The van der Waals surface area contributed by atoms with E-state index in [1.807, 2.05) is 61.8 Å². The monoisotopic (exact) mass is 623 g/mol. The molecule has 47 heavy (non-hydrogen) atoms. The maximum absolute atomic E-state index is 13.8. The molecule has 2 aliphatic rings. The van der Waals surface area contributed by atoms with Crippen LogP contribution in [0.5, 0.6) is 0 Å². The van der Waals surface area contributed by atoms with E-state index in [2.05, 4.69) is 74.8 Å². The van der Waals surface area contributed by atoms with Gasteiger partial charge in [0, 0.05) is 53.2 Å². The number of nitrogens with zero attached hydrogens (tertiary/aromatic N) is 2. The molecule has 0 bridgehead atoms. The summed E-state index contributed by atoms with van der Waals surface area (Å²) in [5, 5.41) is 11.0. The Labute approximate surface area is 276 Å². The van der Waals surface area contributed by atoms with Gasteiger partial charge in [0.2, 0.25) is 0 Å². The lowest BCUT2D eigenvalue weighted by atomic mass is 9.97. The number of carbonyl (C=O) groups is 2. The van der Waals surface area contributed by atoms with Crippen molar-refractivity contribution in [3.63, 3.8) is 0 Å². The zero-order valence-electron chi connectivity index (χ0n) is 27.1. The third-order valence-corrected chi connectivity index (χ3v) is 9.42. The molecule has 2 aliphatic heterocycles. The Hall–Kier alpha value is -5.14. The van der Waals surface area contributed by atoms with Crippen molar-refractivity contribution >= 4 is 45.4 Å². The van der Waals surface area contributed by atoms with Crippen molar-refractivity contribution in [3.8, 4) is 0 Å². The normalized spacial score (nSPS) is 16.4. The van der Waals surface area contributed by atoms with Crippen LogP contribution in [0.3, 0.4) is 0 Å². The molecule has 3 N–H and O–H groups in total. The van der Waals surface area contributed by atoms with E-state index in [1.165, 1.54) is 24.8 Å². The number of piperidine rings is 1. The third-order valence-electron chi connectivity index (χ3n) is 9.42. The highest BCUT2D eigenvalue weighted by atomic mass is 16.2. The average molecular weight is 624 g/mol. The number of aromatic nitrogens is 1. The Morgan fingerprint density at radius 3 is 2.49 bits per heavy atom. The van der Waals surface area contributed by atoms with Gasteiger partial charge in [-0.25, -0.2) is 0 Å². The van der Waals surface area contributed by atoms with E-state index in [1.54, 1.807) is 6.07 Å². The summed E-state index contributed by atoms with van der Waals surface area (Å²) in [4.78, 5) is 29.9. The molecule has 7 heteroatoms. The molecular formula is C40H41N5O2. The number of likely N-dealkylation sites (tertiary alicyclic amines) is 1. The van der Waals surface area contributed by atoms with Crippen molar-refractivity contribution in [1.82, 2.24) is 14.8 Å². The molecule has 1 fully saturated rings. The second-order valence-corrected chi connectivity index (χ2v) is 12.7. The maximum atomic E-state index is 13.8. The fourth-order valence-electron chi connectivity index (χ4n) is 6.89. The number of benzene rings is 4. The lowest BCUT2D eigenvalue weighted by Crippen LogP contribution is -2.29. The first kappa shape index (κ1) is 30.5. The maximum Gasteiger partial charge on any atom is 0.258 e. The zero-order chi connectivity index (χ0) is 32.3. The highest BCUT2D eigenvalue weighted by Gasteiger charge is 2.30. The molecule has 1 saturated heterocycles. The quantitative estimate of drug-likeness (QED) is 0.146. The van der Waals surface area contributed by atoms with Crippen LogP contribution in [0.2, 0.25) is 0 Å². The predicted octanol–water partition coefficient (Wildman–Crippen LogP) is 7.98. The largest absolute Gasteiger partial charge is 0.354 e. The van der Waals surface area contributed by atoms with Gasteiger partial charge in [0.05, 0.1) is 17.3 Å². The fourth-order valence-corrected chi connectivity index (χ4v) is 6.89. The average Bonchev–Trinajstić information content (AvgIpc) is 3.64. The molecule has 5 aromatic rings. The third kappa shape index (κ3) is 6.44. The van der Waals surface area contributed by atoms with Crippen LogP contribution in [-0.4, -0.2) is 34.4 Å². The number of nitrogens with one attached hydrogen (secondary N) is 3. The van der Waals surface area contributed by atoms with Gasteiger partial charge in [-0.2, -0.15) is 0 Å². The summed E-state index contributed by atoms with van der Waals surface area (Å²) in [7, 11) is 2.03. The second kappa shape index (κ2) is 13.3. The molecule has 3 heterocycles. The number of amides is 2. The first-order chi connectivity index (χ1) is 23.0. The summed E-state index contributed by atoms with van der Waals surface area (Å²) in [6.07, 6.45) is 6.60. The lowest BCUT2D eigenvalue weighted by Gasteiger charge is -2.26. The number of hydrogen-bond donors (Lipinski definition) is 3. The van der Waals surface area contributed by atoms with Gasteiger partial charge in [-0.1, -0.05) is 61.9 Å². The van der Waals surface area contributed by atoms with Crippen molar-refractivity contribution in [3.05, 3.63) is 131 Å². The Bertz CT molecular complexity index is 1970. The van der Waals surface area contributed by atoms with E-state index in [9.17, 15) is 9.59 Å². The van der Waals surface area contributed by atoms with E-state index in [4.69, 9.17) is 0 Å². The molecule has 7 nitrogen and oxygen atoms in total. The molecule has 0 radical (unpaired) electrons. The van der Waals surface area contributed by atoms with Crippen molar-refractivity contribution in [2.45, 2.75) is 45.2 Å². The lowest BCUT2D eigenvalue weighted by molar-refractivity contribution is -0.110. The van der Waals surface area contributed by atoms with E-state index < -0.39 is 0 Å². The Kier molecular flexibility index (Phi) is 8.64. The standard InChI is InChI=1S/C40H41N5O2/c1-3-34(28-12-6-4-7-13-28)42-39(46)31-15-17-35-33(25-31)37(40(47)43-35)38(30-16-18-36-29(24-30)19-22-44(36)2)41-32-14-10-11-27(23-32)26-45-20-8-5-9-21-45/h4,6-7,10-19,22-25,34,41H,3,5,8-9,20-21,26H2,1-2H3,(H,42,46)(H,43,47)/b38-37-/t34-/m1/s1. The molecule has 4 aromatic carbocycles. The van der Waals surface area contributed by atoms with Crippen LogP contribution in [0, 0.1) is 0 Å². The van der Waals surface area contributed by atoms with Gasteiger partial charge < -0.3 is 20.5 Å². The first-order valence-electron chi connectivity index (χ1n) is 16.7. The van der Waals surface area contributed by atoms with Gasteiger partial charge in [0.1, 0.15) is 0 Å². The number of carbonyl (C=O) groups excluding carboxylic acids is 2. The smallest absolute Gasteiger partial charge is 0.258 e. The van der Waals surface area contributed by atoms with Crippen molar-refractivity contribution in [1.29, 1.82) is 0 Å². The number of rotatable bonds is 9. The van der Waals surface area contributed by atoms with E-state index in [0.29, 0.717) is 28.1 Å². The minimum Gasteiger partial charge on any atom is -0.354 e. The van der Waals surface area contributed by atoms with Crippen LogP contribution in [0.25, 0.3) is 22.2 Å².